The van der Waals surface area contributed by atoms with Crippen molar-refractivity contribution in [3.8, 4) is 0 Å². The molecule has 98 valence electrons. The van der Waals surface area contributed by atoms with Crippen molar-refractivity contribution in [2.45, 2.75) is 6.42 Å². The van der Waals surface area contributed by atoms with E-state index in [2.05, 4.69) is 10.3 Å². The topological polar surface area (TPSA) is 94.8 Å². The standard InChI is InChI=1S/C12H10ClN3O3/c13-7-1-3-8(4-2-7)14-10(17)5-9-6-11(18)16-12(19)15-9/h1-4,6H,5H2,(H,14,17)(H2,15,16,18,19). The number of halogens is 1. The van der Waals surface area contributed by atoms with Crippen LogP contribution in [0, 0.1) is 0 Å². The highest BCUT2D eigenvalue weighted by Crippen LogP contribution is 2.13. The quantitative estimate of drug-likeness (QED) is 0.779. The molecule has 6 nitrogen and oxygen atoms in total. The molecule has 3 N–H and O–H groups in total. The first-order chi connectivity index (χ1) is 9.02. The molecule has 0 saturated carbocycles. The summed E-state index contributed by atoms with van der Waals surface area (Å²) >= 11 is 5.72. The molecule has 0 saturated heterocycles. The van der Waals surface area contributed by atoms with E-state index in [0.29, 0.717) is 10.7 Å². The lowest BCUT2D eigenvalue weighted by atomic mass is 10.2. The van der Waals surface area contributed by atoms with Gasteiger partial charge < -0.3 is 10.3 Å². The largest absolute Gasteiger partial charge is 0.326 e. The number of anilines is 1. The van der Waals surface area contributed by atoms with Gasteiger partial charge >= 0.3 is 5.69 Å². The average molecular weight is 280 g/mol. The number of hydrogen-bond donors (Lipinski definition) is 3. The molecule has 0 spiro atoms. The Labute approximate surface area is 112 Å². The van der Waals surface area contributed by atoms with Crippen molar-refractivity contribution in [2.24, 2.45) is 0 Å². The lowest BCUT2D eigenvalue weighted by Crippen LogP contribution is -2.25. The van der Waals surface area contributed by atoms with Crippen LogP contribution < -0.4 is 16.6 Å². The molecule has 2 rings (SSSR count). The number of carbonyl (C=O) groups excluding carboxylic acids is 1. The van der Waals surface area contributed by atoms with Gasteiger partial charge in [0.05, 0.1) is 6.42 Å². The Bertz CT molecular complexity index is 675. The number of nitrogens with one attached hydrogen (secondary N) is 3. The lowest BCUT2D eigenvalue weighted by Gasteiger charge is -2.04. The molecule has 1 aromatic heterocycles. The van der Waals surface area contributed by atoms with Crippen LogP contribution in [0.1, 0.15) is 5.69 Å². The number of rotatable bonds is 3. The minimum Gasteiger partial charge on any atom is -0.326 e. The van der Waals surface area contributed by atoms with Gasteiger partial charge in [0, 0.05) is 22.5 Å². The van der Waals surface area contributed by atoms with Crippen molar-refractivity contribution in [2.75, 3.05) is 5.32 Å². The second-order valence-electron chi connectivity index (χ2n) is 3.84. The van der Waals surface area contributed by atoms with Gasteiger partial charge in [-0.15, -0.1) is 0 Å². The highest BCUT2D eigenvalue weighted by Gasteiger charge is 2.06. The van der Waals surface area contributed by atoms with Crippen molar-refractivity contribution in [3.05, 3.63) is 61.9 Å². The Balaban J connectivity index is 2.07. The van der Waals surface area contributed by atoms with Crippen LogP contribution >= 0.6 is 11.6 Å². The number of H-pyrrole nitrogens is 2. The Kier molecular flexibility index (Phi) is 3.82. The molecule has 1 aromatic carbocycles. The van der Waals surface area contributed by atoms with E-state index in [1.807, 2.05) is 4.98 Å². The molecule has 19 heavy (non-hydrogen) atoms. The number of aromatic nitrogens is 2. The molecule has 1 heterocycles. The summed E-state index contributed by atoms with van der Waals surface area (Å²) < 4.78 is 0. The third-order valence-corrected chi connectivity index (χ3v) is 2.55. The zero-order chi connectivity index (χ0) is 13.8. The van der Waals surface area contributed by atoms with Gasteiger partial charge in [0.25, 0.3) is 5.56 Å². The van der Waals surface area contributed by atoms with Crippen LogP contribution in [-0.4, -0.2) is 15.9 Å². The van der Waals surface area contributed by atoms with Gasteiger partial charge in [0.1, 0.15) is 0 Å². The van der Waals surface area contributed by atoms with Crippen LogP contribution in [0.3, 0.4) is 0 Å². The highest BCUT2D eigenvalue weighted by atomic mass is 35.5. The second kappa shape index (κ2) is 5.53. The zero-order valence-corrected chi connectivity index (χ0v) is 10.5. The third kappa shape index (κ3) is 3.82. The average Bonchev–Trinajstić information content (AvgIpc) is 2.30. The minimum atomic E-state index is -0.637. The summed E-state index contributed by atoms with van der Waals surface area (Å²) in [6.07, 6.45) is -0.0954. The summed E-state index contributed by atoms with van der Waals surface area (Å²) in [6, 6.07) is 7.77. The van der Waals surface area contributed by atoms with Crippen molar-refractivity contribution in [1.82, 2.24) is 9.97 Å². The van der Waals surface area contributed by atoms with E-state index in [1.165, 1.54) is 6.07 Å². The monoisotopic (exact) mass is 279 g/mol. The zero-order valence-electron chi connectivity index (χ0n) is 9.70. The van der Waals surface area contributed by atoms with Gasteiger partial charge in [0.15, 0.2) is 0 Å². The predicted molar refractivity (Wildman–Crippen MR) is 71.5 cm³/mol. The van der Waals surface area contributed by atoms with E-state index in [9.17, 15) is 14.4 Å². The molecule has 0 atom stereocenters. The molecule has 0 radical (unpaired) electrons. The van der Waals surface area contributed by atoms with Crippen molar-refractivity contribution >= 4 is 23.2 Å². The van der Waals surface area contributed by atoms with Gasteiger partial charge in [-0.3, -0.25) is 14.6 Å². The molecule has 1 amide bonds. The number of amides is 1. The number of aromatic amines is 2. The molecule has 0 aliphatic rings. The van der Waals surface area contributed by atoms with E-state index in [-0.39, 0.29) is 18.0 Å². The number of carbonyl (C=O) groups is 1. The van der Waals surface area contributed by atoms with Crippen LogP contribution in [0.2, 0.25) is 5.02 Å². The van der Waals surface area contributed by atoms with Crippen molar-refractivity contribution in [1.29, 1.82) is 0 Å². The Hall–Kier alpha value is -2.34. The maximum absolute atomic E-state index is 11.7. The first kappa shape index (κ1) is 13.1. The summed E-state index contributed by atoms with van der Waals surface area (Å²) in [6.45, 7) is 0. The minimum absolute atomic E-state index is 0.0954. The van der Waals surface area contributed by atoms with E-state index in [1.54, 1.807) is 24.3 Å². The Morgan fingerprint density at radius 2 is 1.84 bits per heavy atom. The van der Waals surface area contributed by atoms with Gasteiger partial charge in [-0.05, 0) is 24.3 Å². The summed E-state index contributed by atoms with van der Waals surface area (Å²) in [7, 11) is 0. The number of hydrogen-bond acceptors (Lipinski definition) is 3. The maximum Gasteiger partial charge on any atom is 0.325 e. The summed E-state index contributed by atoms with van der Waals surface area (Å²) in [5, 5.41) is 3.19. The highest BCUT2D eigenvalue weighted by molar-refractivity contribution is 6.30. The smallest absolute Gasteiger partial charge is 0.325 e. The van der Waals surface area contributed by atoms with Crippen LogP contribution in [-0.2, 0) is 11.2 Å². The van der Waals surface area contributed by atoms with E-state index in [0.717, 1.165) is 0 Å². The fourth-order valence-corrected chi connectivity index (χ4v) is 1.65. The molecular formula is C12H10ClN3O3. The molecule has 0 aliphatic carbocycles. The van der Waals surface area contributed by atoms with E-state index < -0.39 is 11.2 Å². The maximum atomic E-state index is 11.7. The molecule has 0 aliphatic heterocycles. The molecular weight excluding hydrogens is 270 g/mol. The van der Waals surface area contributed by atoms with Crippen molar-refractivity contribution < 1.29 is 4.79 Å². The lowest BCUT2D eigenvalue weighted by molar-refractivity contribution is -0.115. The van der Waals surface area contributed by atoms with Crippen LogP contribution in [0.5, 0.6) is 0 Å². The summed E-state index contributed by atoms with van der Waals surface area (Å²) in [5.41, 5.74) is -0.346. The van der Waals surface area contributed by atoms with Crippen LogP contribution in [0.15, 0.2) is 39.9 Å². The van der Waals surface area contributed by atoms with Crippen LogP contribution in [0.4, 0.5) is 5.69 Å². The summed E-state index contributed by atoms with van der Waals surface area (Å²) in [5.74, 6) is -0.344. The van der Waals surface area contributed by atoms with Crippen molar-refractivity contribution in [3.63, 3.8) is 0 Å². The number of benzene rings is 1. The third-order valence-electron chi connectivity index (χ3n) is 2.30. The van der Waals surface area contributed by atoms with Crippen LogP contribution in [0.25, 0.3) is 0 Å². The van der Waals surface area contributed by atoms with Gasteiger partial charge in [-0.25, -0.2) is 4.79 Å². The van der Waals surface area contributed by atoms with Gasteiger partial charge in [0.2, 0.25) is 5.91 Å². The fraction of sp³-hybridized carbons (Fsp3) is 0.0833. The molecule has 0 bridgehead atoms. The second-order valence-corrected chi connectivity index (χ2v) is 4.28. The van der Waals surface area contributed by atoms with Gasteiger partial charge in [-0.2, -0.15) is 0 Å². The Morgan fingerprint density at radius 1 is 1.16 bits per heavy atom. The molecule has 0 unspecified atom stereocenters. The molecule has 7 heteroatoms. The van der Waals surface area contributed by atoms with E-state index in [4.69, 9.17) is 11.6 Å². The fourth-order valence-electron chi connectivity index (χ4n) is 1.53. The first-order valence-corrected chi connectivity index (χ1v) is 5.79. The summed E-state index contributed by atoms with van der Waals surface area (Å²) in [4.78, 5) is 38.2. The molecule has 0 fully saturated rings. The normalized spacial score (nSPS) is 10.2. The Morgan fingerprint density at radius 3 is 2.47 bits per heavy atom. The first-order valence-electron chi connectivity index (χ1n) is 5.41. The SMILES string of the molecule is O=C(Cc1cc(=O)[nH]c(=O)[nH]1)Nc1ccc(Cl)cc1. The predicted octanol–water partition coefficient (Wildman–Crippen LogP) is 0.898. The molecule has 2 aromatic rings. The van der Waals surface area contributed by atoms with E-state index >= 15 is 0 Å². The van der Waals surface area contributed by atoms with Gasteiger partial charge in [-0.1, -0.05) is 11.6 Å².